The summed E-state index contributed by atoms with van der Waals surface area (Å²) in [6.07, 6.45) is 0. The molecule has 0 atom stereocenters. The summed E-state index contributed by atoms with van der Waals surface area (Å²) in [7, 11) is 0. The maximum absolute atomic E-state index is 13.9. The van der Waals surface area contributed by atoms with Crippen LogP contribution >= 0.6 is 15.9 Å². The molecule has 23 heavy (non-hydrogen) atoms. The van der Waals surface area contributed by atoms with Gasteiger partial charge in [0.2, 0.25) is 5.82 Å². The summed E-state index contributed by atoms with van der Waals surface area (Å²) in [5.41, 5.74) is 2.94. The summed E-state index contributed by atoms with van der Waals surface area (Å²) < 4.78 is 13.9. The Kier molecular flexibility index (Phi) is 4.12. The lowest BCUT2D eigenvalue weighted by Crippen LogP contribution is -2.16. The molecule has 0 spiro atoms. The van der Waals surface area contributed by atoms with Crippen LogP contribution in [0.3, 0.4) is 0 Å². The van der Waals surface area contributed by atoms with Crippen LogP contribution in [0.2, 0.25) is 0 Å². The number of halogens is 2. The van der Waals surface area contributed by atoms with Gasteiger partial charge in [0.05, 0.1) is 4.92 Å². The third kappa shape index (κ3) is 2.63. The lowest BCUT2D eigenvalue weighted by molar-refractivity contribution is -0.387. The van der Waals surface area contributed by atoms with Gasteiger partial charge >= 0.3 is 5.69 Å². The Balaban J connectivity index is 2.97. The van der Waals surface area contributed by atoms with Crippen LogP contribution in [0.25, 0.3) is 11.1 Å². The molecule has 0 saturated heterocycles. The number of hydrogen-bond acceptors (Lipinski definition) is 6. The van der Waals surface area contributed by atoms with Gasteiger partial charge in [-0.05, 0) is 22.0 Å². The number of nitriles is 2. The first-order chi connectivity index (χ1) is 10.8. The van der Waals surface area contributed by atoms with Crippen LogP contribution < -0.4 is 11.3 Å². The van der Waals surface area contributed by atoms with Crippen LogP contribution in [0.15, 0.2) is 21.4 Å². The molecule has 0 aliphatic heterocycles. The Labute approximate surface area is 135 Å². The van der Waals surface area contributed by atoms with Crippen LogP contribution in [-0.2, 0) is 0 Å². The van der Waals surface area contributed by atoms with Crippen molar-refractivity contribution in [3.8, 4) is 23.3 Å². The fourth-order valence-corrected chi connectivity index (χ4v) is 2.51. The molecule has 0 radical (unpaired) electrons. The average molecular weight is 378 g/mol. The molecule has 0 fully saturated rings. The first-order valence-electron chi connectivity index (χ1n) is 5.81. The molecule has 0 bridgehead atoms. The number of nitrogens with zero attached hydrogens (tertiary/aromatic N) is 3. The van der Waals surface area contributed by atoms with Gasteiger partial charge in [-0.25, -0.2) is 0 Å². The highest BCUT2D eigenvalue weighted by atomic mass is 79.9. The maximum Gasteiger partial charge on any atom is 0.305 e. The van der Waals surface area contributed by atoms with Gasteiger partial charge in [0.1, 0.15) is 29.1 Å². The van der Waals surface area contributed by atoms with Gasteiger partial charge < -0.3 is 10.7 Å². The Morgan fingerprint density at radius 2 is 1.91 bits per heavy atom. The highest BCUT2D eigenvalue weighted by Gasteiger charge is 2.24. The summed E-state index contributed by atoms with van der Waals surface area (Å²) in [6.45, 7) is 0. The van der Waals surface area contributed by atoms with E-state index < -0.39 is 27.6 Å². The molecule has 0 aliphatic carbocycles. The SMILES string of the molecule is N#Cc1c(N)[nH]c(=O)c(C#N)c1-c1cc(F)c([N+](=O)[O-])cc1Br. The minimum Gasteiger partial charge on any atom is -0.384 e. The van der Waals surface area contributed by atoms with E-state index in [2.05, 4.69) is 20.9 Å². The van der Waals surface area contributed by atoms with Crippen molar-refractivity contribution in [3.05, 3.63) is 54.0 Å². The zero-order chi connectivity index (χ0) is 17.3. The number of rotatable bonds is 2. The van der Waals surface area contributed by atoms with E-state index in [0.717, 1.165) is 12.1 Å². The van der Waals surface area contributed by atoms with Gasteiger partial charge in [-0.3, -0.25) is 14.9 Å². The fourth-order valence-electron chi connectivity index (χ4n) is 1.98. The van der Waals surface area contributed by atoms with Crippen molar-refractivity contribution in [2.45, 2.75) is 0 Å². The number of anilines is 1. The molecule has 10 heteroatoms. The summed E-state index contributed by atoms with van der Waals surface area (Å²) in [5.74, 6) is -1.48. The Morgan fingerprint density at radius 1 is 1.30 bits per heavy atom. The van der Waals surface area contributed by atoms with Gasteiger partial charge in [0, 0.05) is 21.7 Å². The predicted molar refractivity (Wildman–Crippen MR) is 80.7 cm³/mol. The number of nitrogens with two attached hydrogens (primary N) is 1. The molecule has 0 saturated carbocycles. The first-order valence-corrected chi connectivity index (χ1v) is 6.60. The highest BCUT2D eigenvalue weighted by molar-refractivity contribution is 9.10. The molecule has 2 aromatic rings. The van der Waals surface area contributed by atoms with Crippen molar-refractivity contribution in [1.82, 2.24) is 4.98 Å². The number of nitrogens with one attached hydrogen (secondary N) is 1. The van der Waals surface area contributed by atoms with Crippen molar-refractivity contribution >= 4 is 27.4 Å². The topological polar surface area (TPSA) is 150 Å². The summed E-state index contributed by atoms with van der Waals surface area (Å²) >= 11 is 3.02. The fraction of sp³-hybridized carbons (Fsp3) is 0. The lowest BCUT2D eigenvalue weighted by atomic mass is 9.96. The Morgan fingerprint density at radius 3 is 2.43 bits per heavy atom. The monoisotopic (exact) mass is 377 g/mol. The largest absolute Gasteiger partial charge is 0.384 e. The second-order valence-electron chi connectivity index (χ2n) is 4.26. The van der Waals surface area contributed by atoms with E-state index in [1.165, 1.54) is 0 Å². The van der Waals surface area contributed by atoms with Crippen LogP contribution in [0.4, 0.5) is 15.9 Å². The molecule has 3 N–H and O–H groups in total. The quantitative estimate of drug-likeness (QED) is 0.604. The molecule has 1 heterocycles. The molecule has 1 aromatic carbocycles. The van der Waals surface area contributed by atoms with Gasteiger partial charge in [-0.15, -0.1) is 0 Å². The highest BCUT2D eigenvalue weighted by Crippen LogP contribution is 2.37. The molecular weight excluding hydrogens is 373 g/mol. The molecule has 0 unspecified atom stereocenters. The number of pyridine rings is 1. The van der Waals surface area contributed by atoms with E-state index in [0.29, 0.717) is 0 Å². The van der Waals surface area contributed by atoms with E-state index in [4.69, 9.17) is 11.0 Å². The molecule has 2 rings (SSSR count). The second kappa shape index (κ2) is 5.87. The predicted octanol–water partition coefficient (Wildman–Crippen LogP) is 2.18. The lowest BCUT2D eigenvalue weighted by Gasteiger charge is -2.10. The minimum absolute atomic E-state index is 0.0311. The number of nitro groups is 1. The number of nitrogen functional groups attached to an aromatic ring is 1. The van der Waals surface area contributed by atoms with E-state index in [1.807, 2.05) is 0 Å². The van der Waals surface area contributed by atoms with Crippen molar-refractivity contribution in [1.29, 1.82) is 10.5 Å². The number of H-pyrrole nitrogens is 1. The van der Waals surface area contributed by atoms with Gasteiger partial charge in [0.25, 0.3) is 5.56 Å². The molecule has 114 valence electrons. The standard InChI is InChI=1S/C13H5BrFN5O3/c14-8-2-10(20(22)23)9(15)1-5(8)11-6(3-16)12(18)19-13(21)7(11)4-17/h1-2H,(H3,18,19,21). The van der Waals surface area contributed by atoms with Crippen molar-refractivity contribution in [3.63, 3.8) is 0 Å². The van der Waals surface area contributed by atoms with Crippen LogP contribution in [0.5, 0.6) is 0 Å². The molecule has 0 aliphatic rings. The van der Waals surface area contributed by atoms with Crippen LogP contribution in [0.1, 0.15) is 11.1 Å². The smallest absolute Gasteiger partial charge is 0.305 e. The van der Waals surface area contributed by atoms with Crippen molar-refractivity contribution < 1.29 is 9.31 Å². The molecule has 0 amide bonds. The number of aromatic nitrogens is 1. The third-order valence-corrected chi connectivity index (χ3v) is 3.63. The zero-order valence-corrected chi connectivity index (χ0v) is 12.6. The normalized spacial score (nSPS) is 9.91. The Bertz CT molecular complexity index is 987. The first kappa shape index (κ1) is 16.1. The summed E-state index contributed by atoms with van der Waals surface area (Å²) in [6, 6.07) is 4.99. The molecular formula is C13H5BrFN5O3. The summed E-state index contributed by atoms with van der Waals surface area (Å²) in [4.78, 5) is 23.8. The third-order valence-electron chi connectivity index (χ3n) is 2.97. The second-order valence-corrected chi connectivity index (χ2v) is 5.11. The summed E-state index contributed by atoms with van der Waals surface area (Å²) in [5, 5.41) is 29.1. The van der Waals surface area contributed by atoms with Gasteiger partial charge in [0.15, 0.2) is 0 Å². The number of nitro benzene ring substituents is 1. The van der Waals surface area contributed by atoms with E-state index >= 15 is 0 Å². The maximum atomic E-state index is 13.9. The zero-order valence-electron chi connectivity index (χ0n) is 11.1. The van der Waals surface area contributed by atoms with E-state index in [9.17, 15) is 24.6 Å². The molecule has 1 aromatic heterocycles. The van der Waals surface area contributed by atoms with Crippen LogP contribution in [-0.4, -0.2) is 9.91 Å². The minimum atomic E-state index is -1.18. The van der Waals surface area contributed by atoms with Gasteiger partial charge in [-0.1, -0.05) is 0 Å². The van der Waals surface area contributed by atoms with E-state index in [-0.39, 0.29) is 27.0 Å². The number of hydrogen-bond donors (Lipinski definition) is 2. The molecule has 8 nitrogen and oxygen atoms in total. The average Bonchev–Trinajstić information content (AvgIpc) is 2.48. The van der Waals surface area contributed by atoms with Gasteiger partial charge in [-0.2, -0.15) is 14.9 Å². The number of benzene rings is 1. The Hall–Kier alpha value is -3.24. The van der Waals surface area contributed by atoms with E-state index in [1.54, 1.807) is 12.1 Å². The van der Waals surface area contributed by atoms with Crippen molar-refractivity contribution in [2.24, 2.45) is 0 Å². The van der Waals surface area contributed by atoms with Crippen LogP contribution in [0, 0.1) is 38.6 Å². The van der Waals surface area contributed by atoms with Crippen molar-refractivity contribution in [2.75, 3.05) is 5.73 Å². The number of aromatic amines is 1.